The highest BCUT2D eigenvalue weighted by Gasteiger charge is 2.13. The van der Waals surface area contributed by atoms with Gasteiger partial charge in [-0.15, -0.1) is 0 Å². The van der Waals surface area contributed by atoms with Gasteiger partial charge in [0, 0.05) is 12.6 Å². The number of thiocarbonyl (C=S) groups is 1. The topological polar surface area (TPSA) is 64.5 Å². The zero-order chi connectivity index (χ0) is 13.7. The van der Waals surface area contributed by atoms with Crippen LogP contribution in [0.4, 0.5) is 5.69 Å². The normalized spacial score (nSPS) is 16.0. The summed E-state index contributed by atoms with van der Waals surface area (Å²) in [7, 11) is 0. The van der Waals surface area contributed by atoms with Crippen molar-refractivity contribution in [3.8, 4) is 11.5 Å². The Kier molecular flexibility index (Phi) is 4.85. The van der Waals surface area contributed by atoms with Crippen LogP contribution in [0.25, 0.3) is 0 Å². The highest BCUT2D eigenvalue weighted by Crippen LogP contribution is 2.27. The number of anilines is 1. The molecule has 0 spiro atoms. The van der Waals surface area contributed by atoms with Crippen LogP contribution in [0.5, 0.6) is 11.5 Å². The second-order valence-corrected chi connectivity index (χ2v) is 5.45. The Labute approximate surface area is 118 Å². The molecular weight excluding hydrogens is 260 g/mol. The van der Waals surface area contributed by atoms with Crippen LogP contribution in [0, 0.1) is 5.92 Å². The lowest BCUT2D eigenvalue weighted by Gasteiger charge is -2.22. The molecule has 0 atom stereocenters. The molecule has 1 aromatic carbocycles. The molecule has 0 heterocycles. The third-order valence-electron chi connectivity index (χ3n) is 3.51. The lowest BCUT2D eigenvalue weighted by Crippen LogP contribution is -2.33. The van der Waals surface area contributed by atoms with E-state index in [-0.39, 0.29) is 11.5 Å². The summed E-state index contributed by atoms with van der Waals surface area (Å²) in [5.41, 5.74) is 0.499. The Bertz CT molecular complexity index is 445. The predicted molar refractivity (Wildman–Crippen MR) is 80.6 cm³/mol. The zero-order valence-corrected chi connectivity index (χ0v) is 11.7. The summed E-state index contributed by atoms with van der Waals surface area (Å²) in [4.78, 5) is 0. The SMILES string of the molecule is Oc1ccc(NC(=S)NCC2CCCCC2)c(O)c1. The second kappa shape index (κ2) is 6.61. The molecule has 0 aromatic heterocycles. The van der Waals surface area contributed by atoms with Crippen molar-refractivity contribution in [1.82, 2.24) is 5.32 Å². The van der Waals surface area contributed by atoms with Crippen LogP contribution in [0.15, 0.2) is 18.2 Å². The van der Waals surface area contributed by atoms with E-state index in [1.165, 1.54) is 44.2 Å². The molecule has 1 aliphatic rings. The van der Waals surface area contributed by atoms with Gasteiger partial charge in [-0.2, -0.15) is 0 Å². The van der Waals surface area contributed by atoms with Gasteiger partial charge in [0.25, 0.3) is 0 Å². The first-order valence-electron chi connectivity index (χ1n) is 6.72. The molecule has 0 radical (unpaired) electrons. The molecular formula is C14H20N2O2S. The standard InChI is InChI=1S/C14H20N2O2S/c17-11-6-7-12(13(18)8-11)16-14(19)15-9-10-4-2-1-3-5-10/h6-8,10,17-18H,1-5,9H2,(H2,15,16,19). The fourth-order valence-electron chi connectivity index (χ4n) is 2.42. The average molecular weight is 280 g/mol. The first-order chi connectivity index (χ1) is 9.15. The van der Waals surface area contributed by atoms with Gasteiger partial charge in [0.2, 0.25) is 0 Å². The Balaban J connectivity index is 1.80. The van der Waals surface area contributed by atoms with E-state index in [1.807, 2.05) is 0 Å². The molecule has 0 aliphatic heterocycles. The molecule has 1 saturated carbocycles. The summed E-state index contributed by atoms with van der Waals surface area (Å²) >= 11 is 5.20. The summed E-state index contributed by atoms with van der Waals surface area (Å²) in [6, 6.07) is 4.39. The third-order valence-corrected chi connectivity index (χ3v) is 3.75. The number of phenols is 2. The lowest BCUT2D eigenvalue weighted by atomic mass is 9.89. The number of hydrogen-bond donors (Lipinski definition) is 4. The van der Waals surface area contributed by atoms with E-state index in [9.17, 15) is 10.2 Å². The van der Waals surface area contributed by atoms with Crippen molar-refractivity contribution in [2.24, 2.45) is 5.92 Å². The molecule has 0 unspecified atom stereocenters. The molecule has 1 aliphatic carbocycles. The highest BCUT2D eigenvalue weighted by molar-refractivity contribution is 7.80. The van der Waals surface area contributed by atoms with E-state index in [4.69, 9.17) is 12.2 Å². The molecule has 1 fully saturated rings. The number of aromatic hydroxyl groups is 2. The van der Waals surface area contributed by atoms with E-state index < -0.39 is 0 Å². The monoisotopic (exact) mass is 280 g/mol. The maximum absolute atomic E-state index is 9.65. The molecule has 4 nitrogen and oxygen atoms in total. The van der Waals surface area contributed by atoms with Crippen LogP contribution in [0.3, 0.4) is 0 Å². The van der Waals surface area contributed by atoms with Crippen molar-refractivity contribution in [1.29, 1.82) is 0 Å². The van der Waals surface area contributed by atoms with Crippen molar-refractivity contribution in [3.05, 3.63) is 18.2 Å². The Morgan fingerprint density at radius 3 is 2.63 bits per heavy atom. The van der Waals surface area contributed by atoms with E-state index >= 15 is 0 Å². The Morgan fingerprint density at radius 1 is 1.21 bits per heavy atom. The minimum Gasteiger partial charge on any atom is -0.508 e. The van der Waals surface area contributed by atoms with E-state index in [0.717, 1.165) is 6.54 Å². The molecule has 2 rings (SSSR count). The number of nitrogens with one attached hydrogen (secondary N) is 2. The summed E-state index contributed by atoms with van der Waals surface area (Å²) in [5, 5.41) is 25.5. The summed E-state index contributed by atoms with van der Waals surface area (Å²) in [6.07, 6.45) is 6.50. The second-order valence-electron chi connectivity index (χ2n) is 5.04. The largest absolute Gasteiger partial charge is 0.508 e. The van der Waals surface area contributed by atoms with E-state index in [2.05, 4.69) is 10.6 Å². The smallest absolute Gasteiger partial charge is 0.170 e. The molecule has 0 saturated heterocycles. The molecule has 19 heavy (non-hydrogen) atoms. The van der Waals surface area contributed by atoms with Crippen molar-refractivity contribution in [2.45, 2.75) is 32.1 Å². The molecule has 5 heteroatoms. The van der Waals surface area contributed by atoms with Crippen LogP contribution in [0.2, 0.25) is 0 Å². The number of phenolic OH excluding ortho intramolecular Hbond substituents is 2. The fraction of sp³-hybridized carbons (Fsp3) is 0.500. The first-order valence-corrected chi connectivity index (χ1v) is 7.13. The maximum atomic E-state index is 9.65. The van der Waals surface area contributed by atoms with Gasteiger partial charge in [-0.3, -0.25) is 0 Å². The minimum absolute atomic E-state index is 0.0122. The molecule has 0 bridgehead atoms. The number of rotatable bonds is 3. The molecule has 0 amide bonds. The lowest BCUT2D eigenvalue weighted by molar-refractivity contribution is 0.357. The van der Waals surface area contributed by atoms with Crippen molar-refractivity contribution < 1.29 is 10.2 Å². The maximum Gasteiger partial charge on any atom is 0.170 e. The predicted octanol–water partition coefficient (Wildman–Crippen LogP) is 2.96. The van der Waals surface area contributed by atoms with Crippen LogP contribution in [0.1, 0.15) is 32.1 Å². The van der Waals surface area contributed by atoms with Crippen LogP contribution >= 0.6 is 12.2 Å². The van der Waals surface area contributed by atoms with Crippen LogP contribution in [-0.2, 0) is 0 Å². The average Bonchev–Trinajstić information content (AvgIpc) is 2.41. The van der Waals surface area contributed by atoms with Gasteiger partial charge in [0.05, 0.1) is 5.69 Å². The highest BCUT2D eigenvalue weighted by atomic mass is 32.1. The van der Waals surface area contributed by atoms with Gasteiger partial charge in [-0.25, -0.2) is 0 Å². The first kappa shape index (κ1) is 13.9. The summed E-state index contributed by atoms with van der Waals surface area (Å²) < 4.78 is 0. The van der Waals surface area contributed by atoms with Crippen LogP contribution in [-0.4, -0.2) is 21.9 Å². The minimum atomic E-state index is -0.0122. The van der Waals surface area contributed by atoms with E-state index in [0.29, 0.717) is 16.7 Å². The fourth-order valence-corrected chi connectivity index (χ4v) is 2.61. The summed E-state index contributed by atoms with van der Waals surface area (Å²) in [6.45, 7) is 0.880. The molecule has 1 aromatic rings. The quantitative estimate of drug-likeness (QED) is 0.389. The number of benzene rings is 1. The van der Waals surface area contributed by atoms with Gasteiger partial charge in [0.1, 0.15) is 11.5 Å². The van der Waals surface area contributed by atoms with Gasteiger partial charge >= 0.3 is 0 Å². The van der Waals surface area contributed by atoms with E-state index in [1.54, 1.807) is 6.07 Å². The molecule has 4 N–H and O–H groups in total. The van der Waals surface area contributed by atoms with Crippen molar-refractivity contribution in [3.63, 3.8) is 0 Å². The van der Waals surface area contributed by atoms with Gasteiger partial charge in [0.15, 0.2) is 5.11 Å². The van der Waals surface area contributed by atoms with Gasteiger partial charge in [-0.1, -0.05) is 19.3 Å². The Hall–Kier alpha value is -1.49. The zero-order valence-electron chi connectivity index (χ0n) is 10.9. The van der Waals surface area contributed by atoms with Gasteiger partial charge in [-0.05, 0) is 43.1 Å². The Morgan fingerprint density at radius 2 is 1.95 bits per heavy atom. The van der Waals surface area contributed by atoms with Crippen molar-refractivity contribution >= 4 is 23.0 Å². The van der Waals surface area contributed by atoms with Crippen LogP contribution < -0.4 is 10.6 Å². The molecule has 104 valence electrons. The number of hydrogen-bond acceptors (Lipinski definition) is 3. The third kappa shape index (κ3) is 4.28. The van der Waals surface area contributed by atoms with Crippen molar-refractivity contribution in [2.75, 3.05) is 11.9 Å². The summed E-state index contributed by atoms with van der Waals surface area (Å²) in [5.74, 6) is 0.716. The van der Waals surface area contributed by atoms with Gasteiger partial charge < -0.3 is 20.8 Å².